The van der Waals surface area contributed by atoms with E-state index < -0.39 is 27.7 Å². The van der Waals surface area contributed by atoms with E-state index in [-0.39, 0.29) is 46.7 Å². The van der Waals surface area contributed by atoms with Crippen LogP contribution in [0.2, 0.25) is 0 Å². The van der Waals surface area contributed by atoms with Crippen LogP contribution in [0.5, 0.6) is 0 Å². The molecule has 3 rings (SSSR count). The van der Waals surface area contributed by atoms with E-state index >= 15 is 0 Å². The zero-order chi connectivity index (χ0) is 33.7. The molecule has 0 fully saturated rings. The fraction of sp³-hybridized carbons (Fsp3) is 0.583. The largest absolute Gasteiger partial charge is 0.457 e. The van der Waals surface area contributed by atoms with Gasteiger partial charge in [-0.3, -0.25) is 13.8 Å². The predicted molar refractivity (Wildman–Crippen MR) is 181 cm³/mol. The molecule has 248 valence electrons. The molecule has 2 aromatic rings. The van der Waals surface area contributed by atoms with Gasteiger partial charge in [0.2, 0.25) is 0 Å². The molecule has 1 aliphatic rings. The number of carbonyl (C=O) groups is 2. The number of rotatable bonds is 5. The van der Waals surface area contributed by atoms with Gasteiger partial charge in [-0.25, -0.2) is 4.98 Å². The second kappa shape index (κ2) is 15.3. The van der Waals surface area contributed by atoms with E-state index in [1.54, 1.807) is 35.6 Å². The topological polar surface area (TPSA) is 99.6 Å². The van der Waals surface area contributed by atoms with Crippen LogP contribution in [-0.4, -0.2) is 37.4 Å². The molecule has 0 radical (unpaired) electrons. The first-order valence-electron chi connectivity index (χ1n) is 15.9. The molecule has 1 aromatic heterocycles. The number of thiazole rings is 1. The maximum Gasteiger partial charge on any atom is 0.306 e. The van der Waals surface area contributed by atoms with Crippen molar-refractivity contribution in [1.82, 2.24) is 4.98 Å². The van der Waals surface area contributed by atoms with E-state index in [4.69, 9.17) is 8.92 Å². The summed E-state index contributed by atoms with van der Waals surface area (Å²) in [5.41, 5.74) is 2.58. The molecule has 0 saturated carbocycles. The van der Waals surface area contributed by atoms with E-state index in [0.717, 1.165) is 27.4 Å². The lowest BCUT2D eigenvalue weighted by Crippen LogP contribution is -2.40. The maximum atomic E-state index is 13.8. The standard InChI is InChI=1S/C36H51NO6S2/c1-22-11-15-31(16-12-22)45(40,41)43-33-18-13-23(2)27(6)28(7)35(39)36(9,10)26(5)20-34(38)42-32(17-14-24(33)3)25(4)19-30-21-44-29(8)37-30/h11-12,14-16,19,21,23,26-28,32-33H,13,17-18,20H2,1-10H3/b24-14-,25-19+/t23-,26-,27-,28+,32-,33-/m0/s1. The third-order valence-electron chi connectivity index (χ3n) is 9.83. The first kappa shape index (κ1) is 36.8. The summed E-state index contributed by atoms with van der Waals surface area (Å²) in [5, 5.41) is 2.89. The molecule has 0 aliphatic carbocycles. The molecule has 9 heteroatoms. The first-order valence-corrected chi connectivity index (χ1v) is 18.2. The number of aromatic nitrogens is 1. The van der Waals surface area contributed by atoms with Crippen LogP contribution in [0.1, 0.15) is 97.3 Å². The van der Waals surface area contributed by atoms with Gasteiger partial charge in [0.25, 0.3) is 10.1 Å². The van der Waals surface area contributed by atoms with Crippen LogP contribution in [0, 0.1) is 42.9 Å². The van der Waals surface area contributed by atoms with Crippen LogP contribution in [-0.2, 0) is 28.6 Å². The molecule has 0 N–H and O–H groups in total. The molecule has 1 aromatic carbocycles. The lowest BCUT2D eigenvalue weighted by Gasteiger charge is -2.36. The highest BCUT2D eigenvalue weighted by Crippen LogP contribution is 2.38. The van der Waals surface area contributed by atoms with Crippen LogP contribution >= 0.6 is 11.3 Å². The normalized spacial score (nSPS) is 29.1. The zero-order valence-electron chi connectivity index (χ0n) is 28.5. The summed E-state index contributed by atoms with van der Waals surface area (Å²) in [7, 11) is -4.05. The van der Waals surface area contributed by atoms with E-state index in [1.807, 2.05) is 72.9 Å². The van der Waals surface area contributed by atoms with Gasteiger partial charge in [-0.15, -0.1) is 11.3 Å². The number of cyclic esters (lactones) is 1. The predicted octanol–water partition coefficient (Wildman–Crippen LogP) is 8.51. The summed E-state index contributed by atoms with van der Waals surface area (Å²) in [6, 6.07) is 6.62. The third-order valence-corrected chi connectivity index (χ3v) is 12.0. The second-order valence-corrected chi connectivity index (χ2v) is 16.2. The minimum Gasteiger partial charge on any atom is -0.457 e. The number of carbonyl (C=O) groups excluding carboxylic acids is 2. The quantitative estimate of drug-likeness (QED) is 0.181. The number of benzene rings is 1. The van der Waals surface area contributed by atoms with Crippen molar-refractivity contribution in [2.75, 3.05) is 0 Å². The van der Waals surface area contributed by atoms with E-state index in [9.17, 15) is 18.0 Å². The van der Waals surface area contributed by atoms with Gasteiger partial charge in [-0.05, 0) is 87.6 Å². The summed E-state index contributed by atoms with van der Waals surface area (Å²) < 4.78 is 38.8. The summed E-state index contributed by atoms with van der Waals surface area (Å²) >= 11 is 1.54. The summed E-state index contributed by atoms with van der Waals surface area (Å²) in [4.78, 5) is 31.8. The minimum absolute atomic E-state index is 0.0500. The molecule has 45 heavy (non-hydrogen) atoms. The Morgan fingerprint density at radius 1 is 1.04 bits per heavy atom. The Labute approximate surface area is 274 Å². The van der Waals surface area contributed by atoms with Gasteiger partial charge >= 0.3 is 5.97 Å². The number of aryl methyl sites for hydroxylation is 2. The average Bonchev–Trinajstić information content (AvgIpc) is 3.39. The molecule has 6 atom stereocenters. The molecular weight excluding hydrogens is 607 g/mol. The number of esters is 1. The molecular formula is C36H51NO6S2. The molecule has 7 nitrogen and oxygen atoms in total. The zero-order valence-corrected chi connectivity index (χ0v) is 30.2. The SMILES string of the molecule is C/C1=C/C[C@@H](/C(C)=C/c2csc(C)n2)OC(=O)C[C@H](C)C(C)(C)C(=O)[C@H](C)[C@@H](C)[C@@H](C)CC[C@@H]1OS(=O)(=O)c1ccc(C)cc1. The van der Waals surface area contributed by atoms with E-state index in [2.05, 4.69) is 18.8 Å². The molecule has 2 heterocycles. The Balaban J connectivity index is 2.03. The van der Waals surface area contributed by atoms with Crippen molar-refractivity contribution in [2.24, 2.45) is 29.1 Å². The van der Waals surface area contributed by atoms with Crippen molar-refractivity contribution < 1.29 is 26.9 Å². The Hall–Kier alpha value is -2.62. The van der Waals surface area contributed by atoms with Gasteiger partial charge in [0.15, 0.2) is 0 Å². The van der Waals surface area contributed by atoms with Gasteiger partial charge in [-0.2, -0.15) is 8.42 Å². The molecule has 0 saturated heterocycles. The Kier molecular flexibility index (Phi) is 12.5. The van der Waals surface area contributed by atoms with Crippen LogP contribution in [0.25, 0.3) is 6.08 Å². The monoisotopic (exact) mass is 657 g/mol. The number of Topliss-reactive ketones (excluding diaryl/α,β-unsaturated/α-hetero) is 1. The second-order valence-electron chi connectivity index (χ2n) is 13.6. The van der Waals surface area contributed by atoms with Gasteiger partial charge in [-0.1, -0.05) is 65.3 Å². The molecule has 0 amide bonds. The lowest BCUT2D eigenvalue weighted by molar-refractivity contribution is -0.150. The van der Waals surface area contributed by atoms with Gasteiger partial charge in [0, 0.05) is 29.6 Å². The number of hydrogen-bond donors (Lipinski definition) is 0. The molecule has 1 aliphatic heterocycles. The third kappa shape index (κ3) is 9.69. The Bertz CT molecular complexity index is 1500. The minimum atomic E-state index is -4.05. The van der Waals surface area contributed by atoms with Crippen molar-refractivity contribution in [2.45, 2.75) is 112 Å². The van der Waals surface area contributed by atoms with Crippen molar-refractivity contribution in [3.8, 4) is 0 Å². The van der Waals surface area contributed by atoms with E-state index in [1.165, 1.54) is 0 Å². The first-order chi connectivity index (χ1) is 20.9. The van der Waals surface area contributed by atoms with Crippen molar-refractivity contribution in [1.29, 1.82) is 0 Å². The number of nitrogens with zero attached hydrogens (tertiary/aromatic N) is 1. The summed E-state index contributed by atoms with van der Waals surface area (Å²) in [6.07, 6.45) is 4.11. The van der Waals surface area contributed by atoms with Crippen molar-refractivity contribution in [3.05, 3.63) is 63.1 Å². The van der Waals surface area contributed by atoms with Gasteiger partial charge in [0.1, 0.15) is 11.9 Å². The summed E-state index contributed by atoms with van der Waals surface area (Å²) in [5.74, 6) is -0.539. The van der Waals surface area contributed by atoms with Crippen LogP contribution < -0.4 is 0 Å². The van der Waals surface area contributed by atoms with Crippen LogP contribution in [0.15, 0.2) is 51.8 Å². The van der Waals surface area contributed by atoms with Crippen molar-refractivity contribution in [3.63, 3.8) is 0 Å². The smallest absolute Gasteiger partial charge is 0.306 e. The fourth-order valence-corrected chi connectivity index (χ4v) is 7.44. The number of ether oxygens (including phenoxy) is 1. The lowest BCUT2D eigenvalue weighted by atomic mass is 9.67. The Morgan fingerprint density at radius 2 is 1.69 bits per heavy atom. The Morgan fingerprint density at radius 3 is 2.29 bits per heavy atom. The highest BCUT2D eigenvalue weighted by atomic mass is 32.2. The van der Waals surface area contributed by atoms with E-state index in [0.29, 0.717) is 19.3 Å². The van der Waals surface area contributed by atoms with Gasteiger partial charge in [0.05, 0.1) is 21.7 Å². The number of hydrogen-bond acceptors (Lipinski definition) is 8. The van der Waals surface area contributed by atoms with Crippen LogP contribution in [0.4, 0.5) is 0 Å². The fourth-order valence-electron chi connectivity index (χ4n) is 5.74. The number of ketones is 1. The summed E-state index contributed by atoms with van der Waals surface area (Å²) in [6.45, 7) is 19.6. The van der Waals surface area contributed by atoms with Crippen molar-refractivity contribution >= 4 is 39.3 Å². The molecule has 0 unspecified atom stereocenters. The highest BCUT2D eigenvalue weighted by Gasteiger charge is 2.40. The van der Waals surface area contributed by atoms with Gasteiger partial charge < -0.3 is 4.74 Å². The molecule has 0 bridgehead atoms. The maximum absolute atomic E-state index is 13.8. The average molecular weight is 658 g/mol. The molecule has 0 spiro atoms. The van der Waals surface area contributed by atoms with Crippen LogP contribution in [0.3, 0.4) is 0 Å². The highest BCUT2D eigenvalue weighted by molar-refractivity contribution is 7.86.